The van der Waals surface area contributed by atoms with Crippen LogP contribution in [0, 0.1) is 5.92 Å². The van der Waals surface area contributed by atoms with E-state index in [0.29, 0.717) is 0 Å². The van der Waals surface area contributed by atoms with Crippen molar-refractivity contribution in [2.24, 2.45) is 5.92 Å². The smallest absolute Gasteiger partial charge is 0.118 e. The molecule has 0 saturated heterocycles. The number of methoxy groups -OCH3 is 1. The molecule has 1 aliphatic rings. The molecular formula is C16H30O. The van der Waals surface area contributed by atoms with Crippen LogP contribution in [0.2, 0.25) is 0 Å². The van der Waals surface area contributed by atoms with Gasteiger partial charge < -0.3 is 4.74 Å². The van der Waals surface area contributed by atoms with E-state index in [1.165, 1.54) is 19.3 Å². The van der Waals surface area contributed by atoms with Gasteiger partial charge in [0.05, 0.1) is 7.11 Å². The Bertz CT molecular complexity index is 214. The summed E-state index contributed by atoms with van der Waals surface area (Å²) in [6.45, 7) is 10.3. The van der Waals surface area contributed by atoms with E-state index in [2.05, 4.69) is 6.92 Å². The van der Waals surface area contributed by atoms with Crippen molar-refractivity contribution in [3.63, 3.8) is 0 Å². The Balaban J connectivity index is 0. The van der Waals surface area contributed by atoms with Gasteiger partial charge in [0.1, 0.15) is 5.75 Å². The Morgan fingerprint density at radius 3 is 1.65 bits per heavy atom. The molecule has 0 unspecified atom stereocenters. The Morgan fingerprint density at radius 2 is 1.47 bits per heavy atom. The molecule has 0 amide bonds. The predicted molar refractivity (Wildman–Crippen MR) is 78.7 cm³/mol. The van der Waals surface area contributed by atoms with Crippen LogP contribution in [0.4, 0.5) is 0 Å². The molecular weight excluding hydrogens is 208 g/mol. The molecule has 0 bridgehead atoms. The van der Waals surface area contributed by atoms with Gasteiger partial charge >= 0.3 is 0 Å². The summed E-state index contributed by atoms with van der Waals surface area (Å²) < 4.78 is 4.91. The number of rotatable bonds is 2. The fraction of sp³-hybridized carbons (Fsp3) is 0.625. The van der Waals surface area contributed by atoms with Crippen LogP contribution >= 0.6 is 0 Å². The predicted octanol–water partition coefficient (Wildman–Crippen LogP) is 5.55. The van der Waals surface area contributed by atoms with Gasteiger partial charge in [-0.05, 0) is 18.1 Å². The highest BCUT2D eigenvalue weighted by atomic mass is 16.5. The molecule has 1 aromatic carbocycles. The van der Waals surface area contributed by atoms with Crippen molar-refractivity contribution in [3.05, 3.63) is 30.3 Å². The zero-order valence-corrected chi connectivity index (χ0v) is 12.5. The molecule has 1 heteroatoms. The third kappa shape index (κ3) is 13.0. The average Bonchev–Trinajstić information content (AvgIpc) is 3.29. The monoisotopic (exact) mass is 238 g/mol. The van der Waals surface area contributed by atoms with Gasteiger partial charge in [-0.2, -0.15) is 0 Å². The lowest BCUT2D eigenvalue weighted by atomic mass is 10.3. The number of hydrogen-bond donors (Lipinski definition) is 0. The minimum atomic E-state index is 0.910. The average molecular weight is 238 g/mol. The normalized spacial score (nSPS) is 11.6. The molecule has 0 aromatic heterocycles. The maximum Gasteiger partial charge on any atom is 0.118 e. The molecule has 100 valence electrons. The van der Waals surface area contributed by atoms with Crippen molar-refractivity contribution >= 4 is 0 Å². The van der Waals surface area contributed by atoms with Crippen molar-refractivity contribution in [1.29, 1.82) is 0 Å². The van der Waals surface area contributed by atoms with Crippen LogP contribution in [0.25, 0.3) is 0 Å². The van der Waals surface area contributed by atoms with Gasteiger partial charge in [-0.25, -0.2) is 0 Å². The number of benzene rings is 1. The van der Waals surface area contributed by atoms with Gasteiger partial charge in [0, 0.05) is 0 Å². The SMILES string of the molecule is CC.CC.CCC1CC1.COc1ccccc1. The molecule has 0 aliphatic heterocycles. The van der Waals surface area contributed by atoms with Crippen LogP contribution < -0.4 is 4.74 Å². The fourth-order valence-electron chi connectivity index (χ4n) is 1.08. The van der Waals surface area contributed by atoms with Crippen molar-refractivity contribution in [2.75, 3.05) is 7.11 Å². The summed E-state index contributed by atoms with van der Waals surface area (Å²) in [5.74, 6) is 2.04. The summed E-state index contributed by atoms with van der Waals surface area (Å²) in [5.41, 5.74) is 0. The number of para-hydroxylation sites is 1. The third-order valence-corrected chi connectivity index (χ3v) is 2.25. The zero-order valence-electron chi connectivity index (χ0n) is 12.5. The van der Waals surface area contributed by atoms with Crippen LogP contribution in [0.3, 0.4) is 0 Å². The van der Waals surface area contributed by atoms with Gasteiger partial charge in [-0.3, -0.25) is 0 Å². The van der Waals surface area contributed by atoms with E-state index in [9.17, 15) is 0 Å². The highest BCUT2D eigenvalue weighted by Crippen LogP contribution is 2.31. The van der Waals surface area contributed by atoms with Gasteiger partial charge in [-0.15, -0.1) is 0 Å². The molecule has 0 atom stereocenters. The largest absolute Gasteiger partial charge is 0.497 e. The summed E-state index contributed by atoms with van der Waals surface area (Å²) >= 11 is 0. The minimum Gasteiger partial charge on any atom is -0.497 e. The van der Waals surface area contributed by atoms with E-state index in [1.807, 2.05) is 58.0 Å². The molecule has 1 aliphatic carbocycles. The van der Waals surface area contributed by atoms with Crippen LogP contribution in [-0.2, 0) is 0 Å². The highest BCUT2D eigenvalue weighted by Gasteiger charge is 2.17. The molecule has 0 N–H and O–H groups in total. The second-order valence-corrected chi connectivity index (χ2v) is 3.37. The lowest BCUT2D eigenvalue weighted by Crippen LogP contribution is -1.78. The molecule has 0 heterocycles. The summed E-state index contributed by atoms with van der Waals surface area (Å²) in [4.78, 5) is 0. The molecule has 0 radical (unpaired) electrons. The fourth-order valence-corrected chi connectivity index (χ4v) is 1.08. The molecule has 2 rings (SSSR count). The first-order valence-corrected chi connectivity index (χ1v) is 6.95. The Labute approximate surface area is 108 Å². The molecule has 1 saturated carbocycles. The standard InChI is InChI=1S/C7H8O.C5H10.2C2H6/c1-8-7-5-3-2-4-6-7;1-2-5-3-4-5;2*1-2/h2-6H,1H3;5H,2-4H2,1H3;2*1-2H3. The Kier molecular flexibility index (Phi) is 16.2. The van der Waals surface area contributed by atoms with Gasteiger partial charge in [0.25, 0.3) is 0 Å². The van der Waals surface area contributed by atoms with Crippen LogP contribution in [0.1, 0.15) is 53.9 Å². The topological polar surface area (TPSA) is 9.23 Å². The molecule has 0 spiro atoms. The van der Waals surface area contributed by atoms with Gasteiger partial charge in [0.2, 0.25) is 0 Å². The summed E-state index contributed by atoms with van der Waals surface area (Å²) in [6.07, 6.45) is 4.44. The zero-order chi connectivity index (χ0) is 13.5. The number of hydrogen-bond acceptors (Lipinski definition) is 1. The summed E-state index contributed by atoms with van der Waals surface area (Å²) in [5, 5.41) is 0. The molecule has 1 aromatic rings. The molecule has 17 heavy (non-hydrogen) atoms. The van der Waals surface area contributed by atoms with Crippen molar-refractivity contribution < 1.29 is 4.74 Å². The van der Waals surface area contributed by atoms with Crippen molar-refractivity contribution in [2.45, 2.75) is 53.9 Å². The second-order valence-electron chi connectivity index (χ2n) is 3.37. The number of ether oxygens (including phenoxy) is 1. The van der Waals surface area contributed by atoms with Crippen LogP contribution in [0.5, 0.6) is 5.75 Å². The molecule has 1 fully saturated rings. The quantitative estimate of drug-likeness (QED) is 0.656. The minimum absolute atomic E-state index is 0.910. The first kappa shape index (κ1) is 18.4. The lowest BCUT2D eigenvalue weighted by Gasteiger charge is -1.93. The van der Waals surface area contributed by atoms with Crippen molar-refractivity contribution in [3.8, 4) is 5.75 Å². The maximum atomic E-state index is 4.91. The lowest BCUT2D eigenvalue weighted by molar-refractivity contribution is 0.415. The molecule has 1 nitrogen and oxygen atoms in total. The maximum absolute atomic E-state index is 4.91. The van der Waals surface area contributed by atoms with Gasteiger partial charge in [-0.1, -0.05) is 72.1 Å². The van der Waals surface area contributed by atoms with Crippen LogP contribution in [-0.4, -0.2) is 7.11 Å². The van der Waals surface area contributed by atoms with E-state index < -0.39 is 0 Å². The second kappa shape index (κ2) is 15.0. The third-order valence-electron chi connectivity index (χ3n) is 2.25. The van der Waals surface area contributed by atoms with E-state index in [1.54, 1.807) is 7.11 Å². The highest BCUT2D eigenvalue weighted by molar-refractivity contribution is 5.20. The first-order valence-electron chi connectivity index (χ1n) is 6.95. The summed E-state index contributed by atoms with van der Waals surface area (Å²) in [6, 6.07) is 9.68. The van der Waals surface area contributed by atoms with E-state index in [0.717, 1.165) is 11.7 Å². The Morgan fingerprint density at radius 1 is 1.00 bits per heavy atom. The summed E-state index contributed by atoms with van der Waals surface area (Å²) in [7, 11) is 1.66. The first-order chi connectivity index (χ1) is 8.36. The van der Waals surface area contributed by atoms with E-state index in [-0.39, 0.29) is 0 Å². The van der Waals surface area contributed by atoms with E-state index in [4.69, 9.17) is 4.74 Å². The van der Waals surface area contributed by atoms with Gasteiger partial charge in [0.15, 0.2) is 0 Å². The van der Waals surface area contributed by atoms with Crippen molar-refractivity contribution in [1.82, 2.24) is 0 Å². The van der Waals surface area contributed by atoms with E-state index >= 15 is 0 Å². The Hall–Kier alpha value is -0.980. The van der Waals surface area contributed by atoms with Crippen LogP contribution in [0.15, 0.2) is 30.3 Å².